The zero-order valence-electron chi connectivity index (χ0n) is 39.3. The molecule has 2 saturated carbocycles. The Labute approximate surface area is 414 Å². The molecule has 4 aliphatic heterocycles. The van der Waals surface area contributed by atoms with Crippen LogP contribution in [0, 0.1) is 54.3 Å². The molecule has 72 heavy (non-hydrogen) atoms. The van der Waals surface area contributed by atoms with Crippen LogP contribution in [0.4, 0.5) is 17.1 Å². The third-order valence-corrected chi connectivity index (χ3v) is 16.9. The number of carbonyl (C=O) groups excluding carboxylic acids is 8. The number of nitrogens with zero attached hydrogens (tertiary/aromatic N) is 4. The summed E-state index contributed by atoms with van der Waals surface area (Å²) < 4.78 is 5.96. The monoisotopic (exact) mass is 954 g/mol. The number of hydrogen-bond donors (Lipinski definition) is 0. The molecule has 8 amide bonds. The fourth-order valence-corrected chi connectivity index (χ4v) is 13.4. The largest absolute Gasteiger partial charge is 0.457 e. The van der Waals surface area contributed by atoms with Gasteiger partial charge in [-0.2, -0.15) is 0 Å². The molecular formula is C59H46N4O9. The van der Waals surface area contributed by atoms with E-state index in [9.17, 15) is 38.4 Å². The van der Waals surface area contributed by atoms with Gasteiger partial charge < -0.3 is 4.74 Å². The molecule has 13 rings (SSSR count). The Bertz CT molecular complexity index is 3260. The van der Waals surface area contributed by atoms with Gasteiger partial charge in [0.05, 0.1) is 69.8 Å². The first kappa shape index (κ1) is 43.7. The number of aryl methyl sites for hydroxylation is 1. The zero-order chi connectivity index (χ0) is 49.5. The predicted octanol–water partition coefficient (Wildman–Crippen LogP) is 7.99. The lowest BCUT2D eigenvalue weighted by Gasteiger charge is -2.34. The summed E-state index contributed by atoms with van der Waals surface area (Å²) in [6.07, 6.45) is 0.497. The van der Waals surface area contributed by atoms with E-state index in [0.717, 1.165) is 43.8 Å². The second-order valence-corrected chi connectivity index (χ2v) is 20.4. The molecule has 8 atom stereocenters. The van der Waals surface area contributed by atoms with Gasteiger partial charge >= 0.3 is 0 Å². The third kappa shape index (κ3) is 6.05. The van der Waals surface area contributed by atoms with Gasteiger partial charge in [0.15, 0.2) is 0 Å². The lowest BCUT2D eigenvalue weighted by atomic mass is 9.67. The van der Waals surface area contributed by atoms with E-state index in [1.54, 1.807) is 48.5 Å². The second-order valence-electron chi connectivity index (χ2n) is 20.4. The van der Waals surface area contributed by atoms with E-state index in [4.69, 9.17) is 4.74 Å². The van der Waals surface area contributed by atoms with Crippen molar-refractivity contribution < 1.29 is 43.1 Å². The van der Waals surface area contributed by atoms with E-state index in [0.29, 0.717) is 28.6 Å². The van der Waals surface area contributed by atoms with Gasteiger partial charge in [0.1, 0.15) is 11.5 Å². The molecule has 6 fully saturated rings. The van der Waals surface area contributed by atoms with Crippen LogP contribution in [-0.2, 0) is 43.8 Å². The van der Waals surface area contributed by atoms with Crippen molar-refractivity contribution in [2.75, 3.05) is 21.7 Å². The molecule has 4 heterocycles. The number of carbonyl (C=O) groups is 8. The molecule has 0 bridgehead atoms. The molecule has 0 N–H and O–H groups in total. The van der Waals surface area contributed by atoms with Gasteiger partial charge in [0.2, 0.25) is 47.3 Å². The van der Waals surface area contributed by atoms with Crippen LogP contribution in [0.25, 0.3) is 11.1 Å². The predicted molar refractivity (Wildman–Crippen MR) is 263 cm³/mol. The SMILES string of the molecule is Cc1ccc(Oc2ccc(N3C(=O)C4CC5C(=O)N(c6ccc(C7(c8ccc(N9C(=O)C%10CC%11C(=O)N(C)C(=O)C%11CC%10C9=O)cc8)c8ccccc8-c8ccccc87)cc6)C(=O)C5CC4C3=O)cc2)cc1. The molecule has 0 radical (unpaired) electrons. The van der Waals surface area contributed by atoms with E-state index < -0.39 is 64.6 Å². The topological polar surface area (TPSA) is 159 Å². The highest BCUT2D eigenvalue weighted by atomic mass is 16.5. The molecule has 13 nitrogen and oxygen atoms in total. The average Bonchev–Trinajstić information content (AvgIpc) is 4.08. The Kier molecular flexibility index (Phi) is 9.61. The number of ether oxygens (including phenoxy) is 1. The number of anilines is 3. The maximum atomic E-state index is 14.4. The fourth-order valence-electron chi connectivity index (χ4n) is 13.4. The minimum Gasteiger partial charge on any atom is -0.457 e. The molecule has 0 spiro atoms. The maximum absolute atomic E-state index is 14.4. The van der Waals surface area contributed by atoms with Crippen LogP contribution in [0.3, 0.4) is 0 Å². The highest BCUT2D eigenvalue weighted by molar-refractivity contribution is 6.26. The highest BCUT2D eigenvalue weighted by Crippen LogP contribution is 2.57. The molecule has 6 aromatic rings. The average molecular weight is 955 g/mol. The van der Waals surface area contributed by atoms with E-state index >= 15 is 0 Å². The molecule has 4 saturated heterocycles. The van der Waals surface area contributed by atoms with Crippen LogP contribution in [-0.4, -0.2) is 59.2 Å². The first-order valence-corrected chi connectivity index (χ1v) is 24.5. The van der Waals surface area contributed by atoms with Crippen LogP contribution >= 0.6 is 0 Å². The van der Waals surface area contributed by atoms with Gasteiger partial charge in [-0.05, 0) is 127 Å². The zero-order valence-corrected chi connectivity index (χ0v) is 39.3. The van der Waals surface area contributed by atoms with E-state index in [1.165, 1.54) is 21.7 Å². The van der Waals surface area contributed by atoms with Crippen LogP contribution < -0.4 is 19.4 Å². The van der Waals surface area contributed by atoms with Gasteiger partial charge in [-0.3, -0.25) is 58.0 Å². The lowest BCUT2D eigenvalue weighted by molar-refractivity contribution is -0.138. The van der Waals surface area contributed by atoms with Gasteiger partial charge in [0, 0.05) is 7.05 Å². The second kappa shape index (κ2) is 15.8. The number of amides is 8. The molecule has 6 aromatic carbocycles. The van der Waals surface area contributed by atoms with Crippen molar-refractivity contribution >= 4 is 64.3 Å². The summed E-state index contributed by atoms with van der Waals surface area (Å²) in [6, 6.07) is 45.5. The summed E-state index contributed by atoms with van der Waals surface area (Å²) >= 11 is 0. The van der Waals surface area contributed by atoms with E-state index in [2.05, 4.69) is 24.3 Å². The molecule has 7 aliphatic rings. The van der Waals surface area contributed by atoms with Crippen molar-refractivity contribution in [3.8, 4) is 22.6 Å². The first-order valence-electron chi connectivity index (χ1n) is 24.5. The van der Waals surface area contributed by atoms with E-state index in [1.807, 2.05) is 79.7 Å². The standard InChI is InChI=1S/C59H46N4O9/c1-31-11-23-37(24-12-31)72-38-25-21-36(22-26-38)63-57(70)47-29-45-46(30-48(47)58(63)71)56(69)62(55(45)68)35-19-15-33(16-20-35)59(49-9-5-3-7-39(49)40-8-4-6-10-50(40)59)32-13-17-34(18-14-32)61-53(66)43-27-41-42(28-44(43)54(61)67)52(65)60(2)51(41)64/h3-26,41-48H,27-30H2,1-2H3. The molecule has 3 aliphatic carbocycles. The summed E-state index contributed by atoms with van der Waals surface area (Å²) in [5.41, 5.74) is 7.14. The Hall–Kier alpha value is -8.32. The number of fused-ring (bicyclic) bond motifs is 7. The number of benzene rings is 6. The first-order chi connectivity index (χ1) is 34.8. The van der Waals surface area contributed by atoms with Crippen molar-refractivity contribution in [2.24, 2.45) is 47.3 Å². The van der Waals surface area contributed by atoms with Crippen molar-refractivity contribution in [3.63, 3.8) is 0 Å². The number of rotatable bonds is 7. The van der Waals surface area contributed by atoms with E-state index in [-0.39, 0.29) is 61.1 Å². The number of likely N-dealkylation sites (tertiary alicyclic amines) is 1. The Morgan fingerprint density at radius 1 is 0.375 bits per heavy atom. The molecule has 356 valence electrons. The van der Waals surface area contributed by atoms with Gasteiger partial charge in [-0.15, -0.1) is 0 Å². The normalized spacial score (nSPS) is 26.8. The summed E-state index contributed by atoms with van der Waals surface area (Å²) in [5.74, 6) is -7.25. The van der Waals surface area contributed by atoms with Crippen LogP contribution in [0.1, 0.15) is 53.5 Å². The quantitative estimate of drug-likeness (QED) is 0.145. The number of imide groups is 4. The third-order valence-electron chi connectivity index (χ3n) is 16.9. The smallest absolute Gasteiger partial charge is 0.237 e. The van der Waals surface area contributed by atoms with Gasteiger partial charge in [-0.1, -0.05) is 90.5 Å². The van der Waals surface area contributed by atoms with Gasteiger partial charge in [-0.25, -0.2) is 0 Å². The van der Waals surface area contributed by atoms with Crippen molar-refractivity contribution in [1.82, 2.24) is 4.90 Å². The van der Waals surface area contributed by atoms with Crippen LogP contribution in [0.15, 0.2) is 146 Å². The van der Waals surface area contributed by atoms with Crippen molar-refractivity contribution in [1.29, 1.82) is 0 Å². The number of hydrogen-bond acceptors (Lipinski definition) is 9. The Morgan fingerprint density at radius 3 is 1.01 bits per heavy atom. The van der Waals surface area contributed by atoms with Gasteiger partial charge in [0.25, 0.3) is 0 Å². The summed E-state index contributed by atoms with van der Waals surface area (Å²) in [6.45, 7) is 1.99. The summed E-state index contributed by atoms with van der Waals surface area (Å²) in [5, 5.41) is 0. The maximum Gasteiger partial charge on any atom is 0.237 e. The Balaban J connectivity index is 0.781. The fraction of sp³-hybridized carbons (Fsp3) is 0.254. The van der Waals surface area contributed by atoms with Crippen LogP contribution in [0.2, 0.25) is 0 Å². The molecule has 13 heteroatoms. The molecule has 8 unspecified atom stereocenters. The summed E-state index contributed by atoms with van der Waals surface area (Å²) in [4.78, 5) is 115. The molecule has 0 aromatic heterocycles. The van der Waals surface area contributed by atoms with Crippen molar-refractivity contribution in [2.45, 2.75) is 38.0 Å². The molecular weight excluding hydrogens is 909 g/mol. The lowest BCUT2D eigenvalue weighted by Crippen LogP contribution is -2.35. The van der Waals surface area contributed by atoms with Crippen molar-refractivity contribution in [3.05, 3.63) is 173 Å². The Morgan fingerprint density at radius 2 is 0.667 bits per heavy atom. The minimum atomic E-state index is -0.910. The summed E-state index contributed by atoms with van der Waals surface area (Å²) in [7, 11) is 1.46. The minimum absolute atomic E-state index is 0.0881. The van der Waals surface area contributed by atoms with Crippen LogP contribution in [0.5, 0.6) is 11.5 Å². The highest BCUT2D eigenvalue weighted by Gasteiger charge is 2.61.